The van der Waals surface area contributed by atoms with Crippen molar-refractivity contribution in [1.29, 1.82) is 0 Å². The minimum absolute atomic E-state index is 0.0602. The second-order valence-corrected chi connectivity index (χ2v) is 7.67. The lowest BCUT2D eigenvalue weighted by atomic mass is 10.1. The zero-order valence-corrected chi connectivity index (χ0v) is 14.2. The molecule has 0 aliphatic rings. The van der Waals surface area contributed by atoms with Crippen LogP contribution >= 0.6 is 0 Å². The molecular weight excluding hydrogens is 314 g/mol. The van der Waals surface area contributed by atoms with E-state index in [1.165, 1.54) is 13.2 Å². The molecule has 0 saturated heterocycles. The maximum atomic E-state index is 12.1. The van der Waals surface area contributed by atoms with Gasteiger partial charge in [-0.1, -0.05) is 0 Å². The van der Waals surface area contributed by atoms with Gasteiger partial charge in [-0.15, -0.1) is 0 Å². The second kappa shape index (κ2) is 7.82. The van der Waals surface area contributed by atoms with Crippen molar-refractivity contribution in [2.24, 2.45) is 0 Å². The lowest BCUT2D eigenvalue weighted by molar-refractivity contribution is 0.0792. The summed E-state index contributed by atoms with van der Waals surface area (Å²) in [4.78, 5) is 4.04. The highest BCUT2D eigenvalue weighted by molar-refractivity contribution is 7.84. The molecule has 126 valence electrons. The first-order valence-electron chi connectivity index (χ1n) is 6.79. The Balaban J connectivity index is 2.88. The normalized spacial score (nSPS) is 14.7. The number of aromatic nitrogens is 1. The monoisotopic (exact) mass is 336 g/mol. The third kappa shape index (κ3) is 5.49. The summed E-state index contributed by atoms with van der Waals surface area (Å²) in [5.74, 6) is 0.308. The topological polar surface area (TPSA) is 60.5 Å². The number of nitrogens with one attached hydrogen (secondary N) is 1. The molecule has 1 rings (SSSR count). The zero-order valence-electron chi connectivity index (χ0n) is 13.4. The van der Waals surface area contributed by atoms with Gasteiger partial charge in [-0.25, -0.2) is 17.7 Å². The highest BCUT2D eigenvalue weighted by Crippen LogP contribution is 2.27. The minimum atomic E-state index is -2.57. The van der Waals surface area contributed by atoms with Gasteiger partial charge in [0.1, 0.15) is 0 Å². The Kier molecular flexibility index (Phi) is 6.67. The van der Waals surface area contributed by atoms with E-state index in [4.69, 9.17) is 9.47 Å². The fraction of sp³-hybridized carbons (Fsp3) is 0.643. The van der Waals surface area contributed by atoms with Crippen LogP contribution in [0.4, 0.5) is 8.78 Å². The maximum Gasteiger partial charge on any atom is 0.272 e. The summed E-state index contributed by atoms with van der Waals surface area (Å²) in [5.41, 5.74) is 0.671. The minimum Gasteiger partial charge on any atom is -0.481 e. The zero-order chi connectivity index (χ0) is 16.9. The molecule has 22 heavy (non-hydrogen) atoms. The van der Waals surface area contributed by atoms with Gasteiger partial charge in [0.15, 0.2) is 6.61 Å². The van der Waals surface area contributed by atoms with Crippen LogP contribution < -0.4 is 14.2 Å². The van der Waals surface area contributed by atoms with Gasteiger partial charge in [0.25, 0.3) is 6.43 Å². The van der Waals surface area contributed by atoms with Crippen LogP contribution in [0, 0.1) is 0 Å². The molecule has 8 heteroatoms. The van der Waals surface area contributed by atoms with Crippen molar-refractivity contribution < 1.29 is 22.5 Å². The number of rotatable bonds is 7. The van der Waals surface area contributed by atoms with E-state index in [9.17, 15) is 13.0 Å². The van der Waals surface area contributed by atoms with Crippen LogP contribution in [0.15, 0.2) is 12.1 Å². The van der Waals surface area contributed by atoms with E-state index < -0.39 is 28.8 Å². The van der Waals surface area contributed by atoms with Crippen LogP contribution in [0.1, 0.15) is 39.3 Å². The molecule has 1 aromatic heterocycles. The van der Waals surface area contributed by atoms with Gasteiger partial charge in [-0.2, -0.15) is 4.98 Å². The summed E-state index contributed by atoms with van der Waals surface area (Å²) in [6, 6.07) is 2.86. The smallest absolute Gasteiger partial charge is 0.272 e. The Hall–Kier alpha value is -1.28. The number of alkyl halides is 2. The molecule has 0 saturated carbocycles. The van der Waals surface area contributed by atoms with Gasteiger partial charge in [-0.3, -0.25) is 0 Å². The average molecular weight is 336 g/mol. The van der Waals surface area contributed by atoms with E-state index >= 15 is 0 Å². The fourth-order valence-electron chi connectivity index (χ4n) is 1.56. The highest BCUT2D eigenvalue weighted by atomic mass is 32.2. The molecule has 0 fully saturated rings. The third-order valence-electron chi connectivity index (χ3n) is 2.72. The summed E-state index contributed by atoms with van der Waals surface area (Å²) in [7, 11) is 0.170. The van der Waals surface area contributed by atoms with Gasteiger partial charge in [0.05, 0.1) is 22.8 Å². The van der Waals surface area contributed by atoms with E-state index in [0.717, 1.165) is 0 Å². The first-order valence-corrected chi connectivity index (χ1v) is 7.94. The van der Waals surface area contributed by atoms with E-state index in [1.54, 1.807) is 6.07 Å². The number of ether oxygens (including phenoxy) is 2. The molecular formula is C14H22F2N2O3S. The van der Waals surface area contributed by atoms with Crippen LogP contribution in [0.25, 0.3) is 0 Å². The van der Waals surface area contributed by atoms with E-state index in [-0.39, 0.29) is 17.8 Å². The van der Waals surface area contributed by atoms with Gasteiger partial charge in [0, 0.05) is 17.7 Å². The van der Waals surface area contributed by atoms with Gasteiger partial charge in [-0.05, 0) is 33.8 Å². The predicted molar refractivity (Wildman–Crippen MR) is 81.7 cm³/mol. The van der Waals surface area contributed by atoms with Crippen molar-refractivity contribution in [2.45, 2.75) is 44.9 Å². The van der Waals surface area contributed by atoms with Crippen LogP contribution in [0.2, 0.25) is 0 Å². The third-order valence-corrected chi connectivity index (χ3v) is 4.40. The Labute approximate surface area is 132 Å². The first-order chi connectivity index (χ1) is 10.1. The SMILES string of the molecule is COc1nc(OCC(F)F)ccc1C(C)N[S@](=O)C(C)(C)C. The molecule has 1 N–H and O–H groups in total. The van der Waals surface area contributed by atoms with E-state index in [1.807, 2.05) is 27.7 Å². The van der Waals surface area contributed by atoms with E-state index in [0.29, 0.717) is 5.56 Å². The molecule has 0 radical (unpaired) electrons. The Bertz CT molecular complexity index is 521. The number of hydrogen-bond donors (Lipinski definition) is 1. The number of nitrogens with zero attached hydrogens (tertiary/aromatic N) is 1. The molecule has 1 aromatic rings. The molecule has 1 heterocycles. The van der Waals surface area contributed by atoms with Crippen molar-refractivity contribution in [1.82, 2.24) is 9.71 Å². The molecule has 0 aliphatic heterocycles. The van der Waals surface area contributed by atoms with Crippen molar-refractivity contribution in [2.75, 3.05) is 13.7 Å². The van der Waals surface area contributed by atoms with Crippen molar-refractivity contribution in [3.8, 4) is 11.8 Å². The van der Waals surface area contributed by atoms with Crippen LogP contribution in [-0.2, 0) is 11.0 Å². The molecule has 5 nitrogen and oxygen atoms in total. The molecule has 0 aromatic carbocycles. The van der Waals surface area contributed by atoms with Gasteiger partial charge < -0.3 is 9.47 Å². The second-order valence-electron chi connectivity index (χ2n) is 5.67. The van der Waals surface area contributed by atoms with Crippen LogP contribution in [-0.4, -0.2) is 34.1 Å². The number of halogens is 2. The quantitative estimate of drug-likeness (QED) is 0.832. The summed E-state index contributed by atoms with van der Waals surface area (Å²) in [6.45, 7) is 6.68. The number of hydrogen-bond acceptors (Lipinski definition) is 4. The lowest BCUT2D eigenvalue weighted by Gasteiger charge is -2.23. The maximum absolute atomic E-state index is 12.1. The van der Waals surface area contributed by atoms with Gasteiger partial charge in [0.2, 0.25) is 11.8 Å². The molecule has 0 spiro atoms. The standard InChI is InChI=1S/C14H22F2N2O3S/c1-9(18-22(19)14(2,3)4)10-6-7-12(17-13(10)20-5)21-8-11(15)16/h6-7,9,11,18H,8H2,1-5H3/t9?,22-/m1/s1. The Morgan fingerprint density at radius 1 is 1.36 bits per heavy atom. The summed E-state index contributed by atoms with van der Waals surface area (Å²) >= 11 is 0. The van der Waals surface area contributed by atoms with Gasteiger partial charge >= 0.3 is 0 Å². The fourth-order valence-corrected chi connectivity index (χ4v) is 2.36. The largest absolute Gasteiger partial charge is 0.481 e. The molecule has 0 amide bonds. The van der Waals surface area contributed by atoms with Crippen molar-refractivity contribution >= 4 is 11.0 Å². The number of methoxy groups -OCH3 is 1. The van der Waals surface area contributed by atoms with Crippen LogP contribution in [0.3, 0.4) is 0 Å². The molecule has 2 atom stereocenters. The molecule has 0 aliphatic carbocycles. The number of pyridine rings is 1. The first kappa shape index (κ1) is 18.8. The van der Waals surface area contributed by atoms with Crippen LogP contribution in [0.5, 0.6) is 11.8 Å². The molecule has 0 bridgehead atoms. The predicted octanol–water partition coefficient (Wildman–Crippen LogP) is 2.85. The van der Waals surface area contributed by atoms with Crippen molar-refractivity contribution in [3.63, 3.8) is 0 Å². The summed E-state index contributed by atoms with van der Waals surface area (Å²) in [6.07, 6.45) is -2.57. The van der Waals surface area contributed by atoms with Crippen molar-refractivity contribution in [3.05, 3.63) is 17.7 Å². The summed E-state index contributed by atoms with van der Waals surface area (Å²) in [5, 5.41) is 0. The Morgan fingerprint density at radius 3 is 2.50 bits per heavy atom. The average Bonchev–Trinajstić information content (AvgIpc) is 2.43. The Morgan fingerprint density at radius 2 is 2.00 bits per heavy atom. The lowest BCUT2D eigenvalue weighted by Crippen LogP contribution is -2.35. The molecule has 1 unspecified atom stereocenters. The van der Waals surface area contributed by atoms with E-state index in [2.05, 4.69) is 9.71 Å². The highest BCUT2D eigenvalue weighted by Gasteiger charge is 2.23. The summed E-state index contributed by atoms with van der Waals surface area (Å²) < 4.78 is 49.0.